The number of hydrogen-bond donors (Lipinski definition) is 1. The quantitative estimate of drug-likeness (QED) is 0.714. The monoisotopic (exact) mass is 304 g/mol. The van der Waals surface area contributed by atoms with E-state index >= 15 is 0 Å². The number of nitrogens with zero attached hydrogens (tertiary/aromatic N) is 1. The van der Waals surface area contributed by atoms with Crippen LogP contribution in [0.4, 0.5) is 0 Å². The van der Waals surface area contributed by atoms with E-state index in [4.69, 9.17) is 5.73 Å². The third-order valence-corrected chi connectivity index (χ3v) is 4.06. The van der Waals surface area contributed by atoms with Gasteiger partial charge in [0.15, 0.2) is 5.78 Å². The van der Waals surface area contributed by atoms with Crippen LogP contribution in [0.25, 0.3) is 0 Å². The molecule has 0 saturated heterocycles. The first-order chi connectivity index (χ1) is 10.5. The standard InChI is InChI=1S/C18H28N2O2/c1-4-5-6-15-7-9-16(10-8-15)17(21)11-12-18(22)20(3)14(2)13-19/h7-10,14H,4-6,11-13,19H2,1-3H3. The van der Waals surface area contributed by atoms with Crippen LogP contribution in [0.1, 0.15) is 55.5 Å². The molecular formula is C18H28N2O2. The molecule has 0 saturated carbocycles. The van der Waals surface area contributed by atoms with Crippen molar-refractivity contribution >= 4 is 11.7 Å². The van der Waals surface area contributed by atoms with E-state index in [1.54, 1.807) is 11.9 Å². The first kappa shape index (κ1) is 18.4. The molecule has 0 radical (unpaired) electrons. The summed E-state index contributed by atoms with van der Waals surface area (Å²) in [6.45, 7) is 4.49. The number of Topliss-reactive ketones (excluding diaryl/α,β-unsaturated/α-hetero) is 1. The molecule has 22 heavy (non-hydrogen) atoms. The van der Waals surface area contributed by atoms with Gasteiger partial charge in [-0.3, -0.25) is 9.59 Å². The highest BCUT2D eigenvalue weighted by Gasteiger charge is 2.16. The molecule has 0 bridgehead atoms. The van der Waals surface area contributed by atoms with Gasteiger partial charge in [0.1, 0.15) is 0 Å². The molecule has 0 aromatic heterocycles. The van der Waals surface area contributed by atoms with Gasteiger partial charge in [-0.2, -0.15) is 0 Å². The third-order valence-electron chi connectivity index (χ3n) is 4.06. The molecule has 1 aromatic rings. The Morgan fingerprint density at radius 2 is 1.82 bits per heavy atom. The van der Waals surface area contributed by atoms with E-state index in [0.717, 1.165) is 19.3 Å². The number of likely N-dealkylation sites (N-methyl/N-ethyl adjacent to an activating group) is 1. The zero-order valence-electron chi connectivity index (χ0n) is 14.0. The molecule has 0 aliphatic carbocycles. The first-order valence-corrected chi connectivity index (χ1v) is 8.07. The van der Waals surface area contributed by atoms with Gasteiger partial charge in [0.2, 0.25) is 5.91 Å². The summed E-state index contributed by atoms with van der Waals surface area (Å²) in [6.07, 6.45) is 3.85. The summed E-state index contributed by atoms with van der Waals surface area (Å²) in [4.78, 5) is 25.7. The van der Waals surface area contributed by atoms with Gasteiger partial charge in [-0.1, -0.05) is 37.6 Å². The fourth-order valence-electron chi connectivity index (χ4n) is 2.18. The lowest BCUT2D eigenvalue weighted by molar-refractivity contribution is -0.131. The second-order valence-corrected chi connectivity index (χ2v) is 5.81. The Bertz CT molecular complexity index is 482. The summed E-state index contributed by atoms with van der Waals surface area (Å²) >= 11 is 0. The van der Waals surface area contributed by atoms with Crippen LogP contribution in [0.3, 0.4) is 0 Å². The van der Waals surface area contributed by atoms with E-state index in [2.05, 4.69) is 6.92 Å². The van der Waals surface area contributed by atoms with Gasteiger partial charge in [0.25, 0.3) is 0 Å². The fraction of sp³-hybridized carbons (Fsp3) is 0.556. The molecule has 2 N–H and O–H groups in total. The minimum atomic E-state index is -0.0362. The molecule has 4 heteroatoms. The maximum atomic E-state index is 12.1. The second kappa shape index (κ2) is 9.36. The highest BCUT2D eigenvalue weighted by atomic mass is 16.2. The Labute approximate surface area is 133 Å². The average molecular weight is 304 g/mol. The van der Waals surface area contributed by atoms with Crippen molar-refractivity contribution in [1.82, 2.24) is 4.90 Å². The van der Waals surface area contributed by atoms with Crippen LogP contribution in [0.5, 0.6) is 0 Å². The van der Waals surface area contributed by atoms with Crippen molar-refractivity contribution in [2.45, 2.75) is 52.0 Å². The molecule has 1 aromatic carbocycles. The van der Waals surface area contributed by atoms with Gasteiger partial charge in [0.05, 0.1) is 0 Å². The normalized spacial score (nSPS) is 12.0. The Morgan fingerprint density at radius 3 is 2.36 bits per heavy atom. The van der Waals surface area contributed by atoms with Crippen LogP contribution in [0, 0.1) is 0 Å². The number of unbranched alkanes of at least 4 members (excludes halogenated alkanes) is 1. The molecule has 1 unspecified atom stereocenters. The number of aryl methyl sites for hydroxylation is 1. The zero-order valence-corrected chi connectivity index (χ0v) is 14.0. The van der Waals surface area contributed by atoms with Crippen molar-refractivity contribution in [1.29, 1.82) is 0 Å². The molecule has 1 atom stereocenters. The molecule has 1 rings (SSSR count). The zero-order chi connectivity index (χ0) is 16.5. The van der Waals surface area contributed by atoms with E-state index in [1.165, 1.54) is 5.56 Å². The number of amides is 1. The van der Waals surface area contributed by atoms with Gasteiger partial charge in [-0.05, 0) is 25.3 Å². The van der Waals surface area contributed by atoms with Crippen molar-refractivity contribution in [2.75, 3.05) is 13.6 Å². The highest BCUT2D eigenvalue weighted by Crippen LogP contribution is 2.11. The predicted molar refractivity (Wildman–Crippen MR) is 89.9 cm³/mol. The van der Waals surface area contributed by atoms with Crippen LogP contribution in [-0.4, -0.2) is 36.2 Å². The second-order valence-electron chi connectivity index (χ2n) is 5.81. The highest BCUT2D eigenvalue weighted by molar-refractivity contribution is 5.97. The SMILES string of the molecule is CCCCc1ccc(C(=O)CCC(=O)N(C)C(C)CN)cc1. The van der Waals surface area contributed by atoms with E-state index in [9.17, 15) is 9.59 Å². The van der Waals surface area contributed by atoms with E-state index in [-0.39, 0.29) is 30.6 Å². The van der Waals surface area contributed by atoms with Gasteiger partial charge in [0, 0.05) is 38.0 Å². The summed E-state index contributed by atoms with van der Waals surface area (Å²) in [5.74, 6) is -0.0185. The van der Waals surface area contributed by atoms with Gasteiger partial charge in [-0.15, -0.1) is 0 Å². The van der Waals surface area contributed by atoms with E-state index in [1.807, 2.05) is 31.2 Å². The summed E-state index contributed by atoms with van der Waals surface area (Å²) in [5, 5.41) is 0. The Morgan fingerprint density at radius 1 is 1.18 bits per heavy atom. The molecule has 0 aliphatic heterocycles. The van der Waals surface area contributed by atoms with Crippen molar-refractivity contribution in [3.05, 3.63) is 35.4 Å². The molecule has 122 valence electrons. The number of nitrogens with two attached hydrogens (primary N) is 1. The number of benzene rings is 1. The van der Waals surface area contributed by atoms with Crippen molar-refractivity contribution in [3.63, 3.8) is 0 Å². The lowest BCUT2D eigenvalue weighted by atomic mass is 10.0. The van der Waals surface area contributed by atoms with Crippen molar-refractivity contribution in [3.8, 4) is 0 Å². The number of carbonyl (C=O) groups excluding carboxylic acids is 2. The molecule has 0 spiro atoms. The lowest BCUT2D eigenvalue weighted by Gasteiger charge is -2.23. The minimum absolute atomic E-state index is 0.000418. The lowest BCUT2D eigenvalue weighted by Crippen LogP contribution is -2.39. The summed E-state index contributed by atoms with van der Waals surface area (Å²) in [7, 11) is 1.73. The number of hydrogen-bond acceptors (Lipinski definition) is 3. The average Bonchev–Trinajstić information content (AvgIpc) is 2.56. The smallest absolute Gasteiger partial charge is 0.223 e. The number of rotatable bonds is 9. The maximum Gasteiger partial charge on any atom is 0.223 e. The van der Waals surface area contributed by atoms with Crippen LogP contribution in [0.2, 0.25) is 0 Å². The summed E-state index contributed by atoms with van der Waals surface area (Å²) < 4.78 is 0. The fourth-order valence-corrected chi connectivity index (χ4v) is 2.18. The third kappa shape index (κ3) is 5.60. The largest absolute Gasteiger partial charge is 0.342 e. The molecule has 4 nitrogen and oxygen atoms in total. The van der Waals surface area contributed by atoms with Crippen LogP contribution in [-0.2, 0) is 11.2 Å². The Balaban J connectivity index is 2.50. The number of carbonyl (C=O) groups is 2. The molecule has 0 fully saturated rings. The topological polar surface area (TPSA) is 63.4 Å². The predicted octanol–water partition coefficient (Wildman–Crippen LogP) is 2.80. The first-order valence-electron chi connectivity index (χ1n) is 8.07. The van der Waals surface area contributed by atoms with Crippen molar-refractivity contribution in [2.24, 2.45) is 5.73 Å². The van der Waals surface area contributed by atoms with Gasteiger partial charge < -0.3 is 10.6 Å². The Kier molecular flexibility index (Phi) is 7.82. The van der Waals surface area contributed by atoms with Crippen LogP contribution in [0.15, 0.2) is 24.3 Å². The number of ketones is 1. The minimum Gasteiger partial charge on any atom is -0.342 e. The molecular weight excluding hydrogens is 276 g/mol. The summed E-state index contributed by atoms with van der Waals surface area (Å²) in [6, 6.07) is 7.75. The van der Waals surface area contributed by atoms with Gasteiger partial charge >= 0.3 is 0 Å². The van der Waals surface area contributed by atoms with Crippen molar-refractivity contribution < 1.29 is 9.59 Å². The van der Waals surface area contributed by atoms with Crippen LogP contribution < -0.4 is 5.73 Å². The van der Waals surface area contributed by atoms with Crippen LogP contribution >= 0.6 is 0 Å². The molecule has 0 heterocycles. The summed E-state index contributed by atoms with van der Waals surface area (Å²) in [5.41, 5.74) is 7.48. The van der Waals surface area contributed by atoms with Gasteiger partial charge in [-0.25, -0.2) is 0 Å². The van der Waals surface area contributed by atoms with E-state index < -0.39 is 0 Å². The molecule has 0 aliphatic rings. The maximum absolute atomic E-state index is 12.1. The van der Waals surface area contributed by atoms with E-state index in [0.29, 0.717) is 12.1 Å². The molecule has 1 amide bonds. The Hall–Kier alpha value is -1.68.